The first-order chi connectivity index (χ1) is 15.1. The number of benzene rings is 2. The van der Waals surface area contributed by atoms with Crippen molar-refractivity contribution >= 4 is 5.71 Å². The molecule has 1 heterocycles. The van der Waals surface area contributed by atoms with Crippen LogP contribution in [0.5, 0.6) is 0 Å². The lowest BCUT2D eigenvalue weighted by molar-refractivity contribution is -0.0601. The molecule has 2 atom stereocenters. The molecule has 1 N–H and O–H groups in total. The van der Waals surface area contributed by atoms with Crippen LogP contribution in [0, 0.1) is 18.6 Å². The predicted molar refractivity (Wildman–Crippen MR) is 121 cm³/mol. The molecule has 0 aliphatic carbocycles. The fraction of sp³-hybridized carbons (Fsp3) is 0.480. The minimum atomic E-state index is -0.768. The van der Waals surface area contributed by atoms with Gasteiger partial charge in [-0.3, -0.25) is 4.90 Å². The van der Waals surface area contributed by atoms with Crippen LogP contribution in [0.25, 0.3) is 0 Å². The Balaban J connectivity index is 1.67. The lowest BCUT2D eigenvalue weighted by Gasteiger charge is -2.28. The van der Waals surface area contributed by atoms with E-state index in [-0.39, 0.29) is 31.4 Å². The summed E-state index contributed by atoms with van der Waals surface area (Å²) in [5.41, 5.74) is 3.02. The summed E-state index contributed by atoms with van der Waals surface area (Å²) >= 11 is 0. The second kappa shape index (κ2) is 10.5. The molecule has 0 spiro atoms. The third-order valence-electron chi connectivity index (χ3n) is 5.24. The zero-order valence-electron chi connectivity index (χ0n) is 19.1. The van der Waals surface area contributed by atoms with Crippen molar-refractivity contribution in [2.24, 2.45) is 5.16 Å². The summed E-state index contributed by atoms with van der Waals surface area (Å²) < 4.78 is 33.3. The average molecular weight is 447 g/mol. The van der Waals surface area contributed by atoms with E-state index in [1.807, 2.05) is 56.9 Å². The Kier molecular flexibility index (Phi) is 7.98. The molecule has 7 heteroatoms. The Bertz CT molecular complexity index is 943. The minimum absolute atomic E-state index is 0.155. The number of oxime groups is 1. The smallest absolute Gasteiger partial charge is 0.145 e. The monoisotopic (exact) mass is 446 g/mol. The SMILES string of the molecule is Cc1ccccc1C1=NO[C@@H](CN(Cc2ccc(F)cc2F)C[C@H](O)COC(C)(C)C)C1. The van der Waals surface area contributed by atoms with Crippen molar-refractivity contribution in [2.75, 3.05) is 19.7 Å². The van der Waals surface area contributed by atoms with Crippen LogP contribution in [-0.4, -0.2) is 53.2 Å². The van der Waals surface area contributed by atoms with E-state index in [4.69, 9.17) is 9.57 Å². The zero-order valence-corrected chi connectivity index (χ0v) is 19.1. The van der Waals surface area contributed by atoms with Crippen molar-refractivity contribution in [2.45, 2.75) is 58.5 Å². The Morgan fingerprint density at radius 3 is 2.66 bits per heavy atom. The maximum absolute atomic E-state index is 14.3. The van der Waals surface area contributed by atoms with Crippen molar-refractivity contribution < 1.29 is 23.5 Å². The molecule has 0 radical (unpaired) electrons. The fourth-order valence-corrected chi connectivity index (χ4v) is 3.66. The van der Waals surface area contributed by atoms with Gasteiger partial charge in [0.1, 0.15) is 17.7 Å². The number of halogens is 2. The standard InChI is InChI=1S/C25H32F2N2O3/c1-17-7-5-6-8-22(17)24-12-21(32-28-24)15-29(14-20(30)16-31-25(2,3)4)13-18-9-10-19(26)11-23(18)27/h5-11,20-21,30H,12-16H2,1-4H3/t20-,21+/m0/s1. The van der Waals surface area contributed by atoms with Gasteiger partial charge in [0.25, 0.3) is 0 Å². The average Bonchev–Trinajstić information content (AvgIpc) is 3.16. The maximum atomic E-state index is 14.3. The molecule has 0 unspecified atom stereocenters. The quantitative estimate of drug-likeness (QED) is 0.619. The summed E-state index contributed by atoms with van der Waals surface area (Å²) in [6.07, 6.45) is -0.387. The molecule has 5 nitrogen and oxygen atoms in total. The molecule has 2 aromatic carbocycles. The first-order valence-electron chi connectivity index (χ1n) is 10.9. The van der Waals surface area contributed by atoms with Crippen LogP contribution in [0.1, 0.15) is 43.9 Å². The molecule has 1 aliphatic rings. The number of aliphatic hydroxyl groups excluding tert-OH is 1. The number of aliphatic hydroxyl groups is 1. The van der Waals surface area contributed by atoms with Crippen molar-refractivity contribution in [1.29, 1.82) is 0 Å². The molecular weight excluding hydrogens is 414 g/mol. The highest BCUT2D eigenvalue weighted by molar-refractivity contribution is 6.02. The summed E-state index contributed by atoms with van der Waals surface area (Å²) in [6.45, 7) is 8.84. The van der Waals surface area contributed by atoms with Crippen molar-refractivity contribution in [3.63, 3.8) is 0 Å². The van der Waals surface area contributed by atoms with E-state index in [0.717, 1.165) is 22.9 Å². The van der Waals surface area contributed by atoms with E-state index in [0.29, 0.717) is 18.5 Å². The van der Waals surface area contributed by atoms with Gasteiger partial charge in [0.2, 0.25) is 0 Å². The summed E-state index contributed by atoms with van der Waals surface area (Å²) in [6, 6.07) is 11.5. The van der Waals surface area contributed by atoms with Crippen LogP contribution in [0.3, 0.4) is 0 Å². The molecule has 0 aromatic heterocycles. The van der Waals surface area contributed by atoms with E-state index in [1.54, 1.807) is 0 Å². The van der Waals surface area contributed by atoms with Gasteiger partial charge in [0.15, 0.2) is 0 Å². The number of hydrogen-bond acceptors (Lipinski definition) is 5. The summed E-state index contributed by atoms with van der Waals surface area (Å²) in [4.78, 5) is 7.56. The highest BCUT2D eigenvalue weighted by Gasteiger charge is 2.27. The summed E-state index contributed by atoms with van der Waals surface area (Å²) in [7, 11) is 0. The number of aryl methyl sites for hydroxylation is 1. The van der Waals surface area contributed by atoms with E-state index in [2.05, 4.69) is 5.16 Å². The minimum Gasteiger partial charge on any atom is -0.390 e. The van der Waals surface area contributed by atoms with Crippen LogP contribution < -0.4 is 0 Å². The lowest BCUT2D eigenvalue weighted by atomic mass is 10.00. The molecule has 32 heavy (non-hydrogen) atoms. The molecule has 174 valence electrons. The number of hydrogen-bond donors (Lipinski definition) is 1. The molecule has 0 saturated heterocycles. The summed E-state index contributed by atoms with van der Waals surface area (Å²) in [5, 5.41) is 14.8. The Hall–Kier alpha value is -2.35. The maximum Gasteiger partial charge on any atom is 0.145 e. The van der Waals surface area contributed by atoms with Gasteiger partial charge in [-0.2, -0.15) is 0 Å². The molecule has 0 fully saturated rings. The van der Waals surface area contributed by atoms with Gasteiger partial charge in [-0.05, 0) is 39.3 Å². The van der Waals surface area contributed by atoms with E-state index in [1.165, 1.54) is 12.1 Å². The van der Waals surface area contributed by atoms with Crippen LogP contribution in [-0.2, 0) is 16.1 Å². The Morgan fingerprint density at radius 2 is 1.97 bits per heavy atom. The van der Waals surface area contributed by atoms with Crippen LogP contribution in [0.2, 0.25) is 0 Å². The van der Waals surface area contributed by atoms with Crippen LogP contribution >= 0.6 is 0 Å². The van der Waals surface area contributed by atoms with E-state index in [9.17, 15) is 13.9 Å². The zero-order chi connectivity index (χ0) is 23.3. The normalized spacial score (nSPS) is 17.4. The summed E-state index contributed by atoms with van der Waals surface area (Å²) in [5.74, 6) is -1.23. The number of ether oxygens (including phenoxy) is 1. The van der Waals surface area contributed by atoms with E-state index < -0.39 is 17.7 Å². The number of rotatable bonds is 9. The molecule has 3 rings (SSSR count). The highest BCUT2D eigenvalue weighted by Crippen LogP contribution is 2.21. The first kappa shape index (κ1) is 24.3. The Morgan fingerprint density at radius 1 is 1.22 bits per heavy atom. The van der Waals surface area contributed by atoms with Gasteiger partial charge in [0.05, 0.1) is 24.0 Å². The van der Waals surface area contributed by atoms with Crippen molar-refractivity contribution in [1.82, 2.24) is 4.90 Å². The second-order valence-electron chi connectivity index (χ2n) is 9.29. The van der Waals surface area contributed by atoms with Gasteiger partial charge in [-0.1, -0.05) is 35.5 Å². The Labute approximate surface area is 188 Å². The molecule has 2 aromatic rings. The topological polar surface area (TPSA) is 54.3 Å². The number of nitrogens with zero attached hydrogens (tertiary/aromatic N) is 2. The molecule has 0 bridgehead atoms. The third-order valence-corrected chi connectivity index (χ3v) is 5.24. The van der Waals surface area contributed by atoms with Crippen LogP contribution in [0.4, 0.5) is 8.78 Å². The second-order valence-corrected chi connectivity index (χ2v) is 9.29. The molecular formula is C25H32F2N2O3. The van der Waals surface area contributed by atoms with Gasteiger partial charge < -0.3 is 14.7 Å². The third kappa shape index (κ3) is 7.08. The van der Waals surface area contributed by atoms with Gasteiger partial charge in [0, 0.05) is 43.2 Å². The van der Waals surface area contributed by atoms with Gasteiger partial charge in [-0.25, -0.2) is 8.78 Å². The van der Waals surface area contributed by atoms with Crippen molar-refractivity contribution in [3.05, 3.63) is 70.8 Å². The molecule has 0 amide bonds. The van der Waals surface area contributed by atoms with Gasteiger partial charge in [-0.15, -0.1) is 0 Å². The first-order valence-corrected chi connectivity index (χ1v) is 10.9. The predicted octanol–water partition coefficient (Wildman–Crippen LogP) is 4.44. The van der Waals surface area contributed by atoms with Crippen LogP contribution in [0.15, 0.2) is 47.6 Å². The lowest BCUT2D eigenvalue weighted by Crippen LogP contribution is -2.40. The van der Waals surface area contributed by atoms with Crippen molar-refractivity contribution in [3.8, 4) is 0 Å². The van der Waals surface area contributed by atoms with Gasteiger partial charge >= 0.3 is 0 Å². The largest absolute Gasteiger partial charge is 0.390 e. The molecule has 0 saturated carbocycles. The van der Waals surface area contributed by atoms with E-state index >= 15 is 0 Å². The highest BCUT2D eigenvalue weighted by atomic mass is 19.1. The molecule has 1 aliphatic heterocycles. The fourth-order valence-electron chi connectivity index (χ4n) is 3.66.